The molecule has 0 saturated carbocycles. The molecule has 1 aromatic carbocycles. The van der Waals surface area contributed by atoms with Gasteiger partial charge in [-0.2, -0.15) is 18.3 Å². The van der Waals surface area contributed by atoms with Crippen LogP contribution in [-0.2, 0) is 19.3 Å². The highest BCUT2D eigenvalue weighted by molar-refractivity contribution is 5.94. The van der Waals surface area contributed by atoms with Crippen LogP contribution in [0.5, 0.6) is 0 Å². The number of likely N-dealkylation sites (tertiary alicyclic amines) is 1. The number of H-pyrrole nitrogens is 1. The summed E-state index contributed by atoms with van der Waals surface area (Å²) in [5.41, 5.74) is 3.33. The summed E-state index contributed by atoms with van der Waals surface area (Å²) < 4.78 is 40.1. The monoisotopic (exact) mass is 432 g/mol. The molecule has 1 fully saturated rings. The van der Waals surface area contributed by atoms with Crippen LogP contribution >= 0.6 is 0 Å². The number of alkyl halides is 3. The predicted molar refractivity (Wildman–Crippen MR) is 111 cm³/mol. The molecule has 5 nitrogen and oxygen atoms in total. The average molecular weight is 432 g/mol. The number of rotatable bonds is 4. The molecule has 2 aliphatic rings. The maximum Gasteiger partial charge on any atom is 0.416 e. The SMILES string of the molecule is CC=C(CC)N1Cc2[nH]nc(C(=O)N3CCC(c4ccccc4C(F)(F)F)CC3)c2C1. The van der Waals surface area contributed by atoms with Crippen molar-refractivity contribution in [1.82, 2.24) is 20.0 Å². The van der Waals surface area contributed by atoms with Gasteiger partial charge in [0, 0.05) is 30.9 Å². The number of carbonyl (C=O) groups is 1. The molecule has 1 N–H and O–H groups in total. The van der Waals surface area contributed by atoms with E-state index in [2.05, 4.69) is 28.1 Å². The lowest BCUT2D eigenvalue weighted by Gasteiger charge is -2.33. The summed E-state index contributed by atoms with van der Waals surface area (Å²) in [6.45, 7) is 6.33. The number of nitrogens with zero attached hydrogens (tertiary/aromatic N) is 3. The number of hydrogen-bond donors (Lipinski definition) is 1. The number of hydrogen-bond acceptors (Lipinski definition) is 3. The lowest BCUT2D eigenvalue weighted by molar-refractivity contribution is -0.138. The number of aromatic nitrogens is 2. The molecule has 1 amide bonds. The number of aromatic amines is 1. The normalized spacial score (nSPS) is 17.9. The zero-order chi connectivity index (χ0) is 22.2. The maximum atomic E-state index is 13.4. The van der Waals surface area contributed by atoms with Gasteiger partial charge in [-0.15, -0.1) is 0 Å². The summed E-state index contributed by atoms with van der Waals surface area (Å²) in [4.78, 5) is 17.1. The number of fused-ring (bicyclic) bond motifs is 1. The van der Waals surface area contributed by atoms with Crippen LogP contribution in [0.4, 0.5) is 13.2 Å². The van der Waals surface area contributed by atoms with E-state index < -0.39 is 11.7 Å². The third-order valence-corrected chi connectivity index (χ3v) is 6.44. The maximum absolute atomic E-state index is 13.4. The third-order valence-electron chi connectivity index (χ3n) is 6.44. The van der Waals surface area contributed by atoms with E-state index in [0.717, 1.165) is 23.7 Å². The van der Waals surface area contributed by atoms with Crippen molar-refractivity contribution in [2.75, 3.05) is 13.1 Å². The Bertz CT molecular complexity index is 987. The fourth-order valence-electron chi connectivity index (χ4n) is 4.78. The Morgan fingerprint density at radius 1 is 1.19 bits per heavy atom. The third kappa shape index (κ3) is 4.07. The number of benzene rings is 1. The van der Waals surface area contributed by atoms with E-state index in [1.54, 1.807) is 17.0 Å². The van der Waals surface area contributed by atoms with E-state index in [4.69, 9.17) is 0 Å². The number of allylic oxidation sites excluding steroid dienone is 2. The second kappa shape index (κ2) is 8.40. The van der Waals surface area contributed by atoms with Crippen molar-refractivity contribution in [3.8, 4) is 0 Å². The molecule has 0 atom stereocenters. The van der Waals surface area contributed by atoms with E-state index in [1.165, 1.54) is 11.8 Å². The van der Waals surface area contributed by atoms with Crippen LogP contribution in [-0.4, -0.2) is 39.0 Å². The largest absolute Gasteiger partial charge is 0.416 e. The molecule has 0 bridgehead atoms. The van der Waals surface area contributed by atoms with Gasteiger partial charge in [0.15, 0.2) is 5.69 Å². The predicted octanol–water partition coefficient (Wildman–Crippen LogP) is 5.08. The van der Waals surface area contributed by atoms with Crippen molar-refractivity contribution in [2.24, 2.45) is 0 Å². The molecule has 1 saturated heterocycles. The molecular weight excluding hydrogens is 405 g/mol. The summed E-state index contributed by atoms with van der Waals surface area (Å²) in [5, 5.41) is 7.28. The van der Waals surface area contributed by atoms with Gasteiger partial charge < -0.3 is 9.80 Å². The van der Waals surface area contributed by atoms with Crippen molar-refractivity contribution >= 4 is 5.91 Å². The molecule has 1 aromatic heterocycles. The Morgan fingerprint density at radius 2 is 1.90 bits per heavy atom. The number of halogens is 3. The Labute approximate surface area is 179 Å². The van der Waals surface area contributed by atoms with Gasteiger partial charge in [0.2, 0.25) is 0 Å². The first-order chi connectivity index (χ1) is 14.8. The van der Waals surface area contributed by atoms with E-state index >= 15 is 0 Å². The van der Waals surface area contributed by atoms with Crippen LogP contribution in [0.15, 0.2) is 36.0 Å². The number of nitrogens with one attached hydrogen (secondary N) is 1. The summed E-state index contributed by atoms with van der Waals surface area (Å²) in [5.74, 6) is -0.343. The smallest absolute Gasteiger partial charge is 0.365 e. The Balaban J connectivity index is 1.45. The summed E-state index contributed by atoms with van der Waals surface area (Å²) in [7, 11) is 0. The topological polar surface area (TPSA) is 52.2 Å². The number of piperidine rings is 1. The van der Waals surface area contributed by atoms with Crippen molar-refractivity contribution in [2.45, 2.75) is 58.3 Å². The van der Waals surface area contributed by atoms with Crippen LogP contribution in [0.2, 0.25) is 0 Å². The zero-order valence-electron chi connectivity index (χ0n) is 17.8. The summed E-state index contributed by atoms with van der Waals surface area (Å²) >= 11 is 0. The van der Waals surface area contributed by atoms with Crippen LogP contribution in [0.1, 0.15) is 71.9 Å². The van der Waals surface area contributed by atoms with E-state index in [9.17, 15) is 18.0 Å². The Hall–Kier alpha value is -2.77. The van der Waals surface area contributed by atoms with Crippen molar-refractivity contribution in [3.05, 3.63) is 64.1 Å². The van der Waals surface area contributed by atoms with Crippen LogP contribution < -0.4 is 0 Å². The molecule has 166 valence electrons. The fourth-order valence-corrected chi connectivity index (χ4v) is 4.78. The quantitative estimate of drug-likeness (QED) is 0.733. The molecular formula is C23H27F3N4O. The highest BCUT2D eigenvalue weighted by Crippen LogP contribution is 2.39. The molecule has 2 aromatic rings. The minimum Gasteiger partial charge on any atom is -0.365 e. The molecule has 0 radical (unpaired) electrons. The summed E-state index contributed by atoms with van der Waals surface area (Å²) in [6.07, 6.45) is -0.337. The minimum atomic E-state index is -4.37. The van der Waals surface area contributed by atoms with Gasteiger partial charge in [-0.3, -0.25) is 9.89 Å². The van der Waals surface area contributed by atoms with Gasteiger partial charge >= 0.3 is 6.18 Å². The van der Waals surface area contributed by atoms with Crippen molar-refractivity contribution < 1.29 is 18.0 Å². The highest BCUT2D eigenvalue weighted by Gasteiger charge is 2.37. The fraction of sp³-hybridized carbons (Fsp3) is 0.478. The molecule has 3 heterocycles. The van der Waals surface area contributed by atoms with Gasteiger partial charge in [0.1, 0.15) is 0 Å². The first-order valence-electron chi connectivity index (χ1n) is 10.7. The van der Waals surface area contributed by atoms with Crippen LogP contribution in [0.3, 0.4) is 0 Å². The van der Waals surface area contributed by atoms with Gasteiger partial charge in [0.05, 0.1) is 17.8 Å². The standard InChI is InChI=1S/C23H27F3N4O/c1-3-16(4-2)30-13-18-20(14-30)27-28-21(18)22(31)29-11-9-15(10-12-29)17-7-5-6-8-19(17)23(24,25)26/h3,5-8,15H,4,9-14H2,1-2H3,(H,27,28). The molecule has 0 aliphatic carbocycles. The molecule has 0 spiro atoms. The molecule has 31 heavy (non-hydrogen) atoms. The molecule has 4 rings (SSSR count). The van der Waals surface area contributed by atoms with Crippen molar-refractivity contribution in [3.63, 3.8) is 0 Å². The average Bonchev–Trinajstić information content (AvgIpc) is 3.35. The van der Waals surface area contributed by atoms with Crippen molar-refractivity contribution in [1.29, 1.82) is 0 Å². The van der Waals surface area contributed by atoms with E-state index in [-0.39, 0.29) is 11.8 Å². The van der Waals surface area contributed by atoms with E-state index in [0.29, 0.717) is 50.3 Å². The van der Waals surface area contributed by atoms with Gasteiger partial charge in [-0.05, 0) is 43.7 Å². The van der Waals surface area contributed by atoms with Gasteiger partial charge in [-0.25, -0.2) is 0 Å². The number of carbonyl (C=O) groups excluding carboxylic acids is 1. The summed E-state index contributed by atoms with van der Waals surface area (Å²) in [6, 6.07) is 5.77. The molecule has 0 unspecified atom stereocenters. The van der Waals surface area contributed by atoms with E-state index in [1.807, 2.05) is 6.92 Å². The second-order valence-corrected chi connectivity index (χ2v) is 8.17. The lowest BCUT2D eigenvalue weighted by Crippen LogP contribution is -2.38. The first-order valence-corrected chi connectivity index (χ1v) is 10.7. The van der Waals surface area contributed by atoms with Crippen LogP contribution in [0, 0.1) is 0 Å². The Morgan fingerprint density at radius 3 is 2.55 bits per heavy atom. The second-order valence-electron chi connectivity index (χ2n) is 8.17. The zero-order valence-corrected chi connectivity index (χ0v) is 17.8. The number of amides is 1. The Kier molecular flexibility index (Phi) is 5.81. The molecule has 2 aliphatic heterocycles. The minimum absolute atomic E-state index is 0.138. The molecule has 8 heteroatoms. The van der Waals surface area contributed by atoms with Crippen LogP contribution in [0.25, 0.3) is 0 Å². The van der Waals surface area contributed by atoms with Gasteiger partial charge in [-0.1, -0.05) is 31.2 Å². The lowest BCUT2D eigenvalue weighted by atomic mass is 9.86. The first kappa shape index (κ1) is 21.5. The highest BCUT2D eigenvalue weighted by atomic mass is 19.4. The van der Waals surface area contributed by atoms with Gasteiger partial charge in [0.25, 0.3) is 5.91 Å².